The van der Waals surface area contributed by atoms with Gasteiger partial charge in [0.25, 0.3) is 0 Å². The largest absolute Gasteiger partial charge is 0.479 e. The van der Waals surface area contributed by atoms with Crippen LogP contribution in [-0.4, -0.2) is 17.7 Å². The number of nitrogens with zero attached hydrogens (tertiary/aromatic N) is 1. The predicted octanol–water partition coefficient (Wildman–Crippen LogP) is 2.49. The zero-order valence-electron chi connectivity index (χ0n) is 10.5. The fraction of sp³-hybridized carbons (Fsp3) is 0.143. The average molecular weight is 272 g/mol. The van der Waals surface area contributed by atoms with E-state index >= 15 is 0 Å². The predicted molar refractivity (Wildman–Crippen MR) is 70.5 cm³/mol. The lowest BCUT2D eigenvalue weighted by Crippen LogP contribution is -1.99. The number of carboxylic acids is 1. The first kappa shape index (κ1) is 13.5. The Kier molecular flexibility index (Phi) is 4.24. The van der Waals surface area contributed by atoms with Crippen LogP contribution in [0.1, 0.15) is 16.1 Å². The summed E-state index contributed by atoms with van der Waals surface area (Å²) in [4.78, 5) is 10.7. The van der Waals surface area contributed by atoms with Crippen molar-refractivity contribution < 1.29 is 19.1 Å². The summed E-state index contributed by atoms with van der Waals surface area (Å²) in [7, 11) is 0. The van der Waals surface area contributed by atoms with E-state index in [9.17, 15) is 4.79 Å². The van der Waals surface area contributed by atoms with E-state index in [4.69, 9.17) is 19.5 Å². The van der Waals surface area contributed by atoms with Gasteiger partial charge in [-0.25, -0.2) is 4.79 Å². The molecule has 0 saturated carbocycles. The zero-order valence-corrected chi connectivity index (χ0v) is 10.5. The van der Waals surface area contributed by atoms with Crippen molar-refractivity contribution in [1.82, 2.24) is 0 Å². The van der Waals surface area contributed by atoms with Gasteiger partial charge in [-0.2, -0.15) is 5.26 Å². The summed E-state index contributed by atoms with van der Waals surface area (Å²) in [6.45, 7) is 0.392. The van der Waals surface area contributed by atoms with Crippen molar-refractivity contribution >= 4 is 11.7 Å². The SMILES string of the molecule is N#CCOc1ccc(NCc2cc(C(=O)O)co2)cc1. The molecule has 0 fully saturated rings. The van der Waals surface area contributed by atoms with Gasteiger partial charge in [0.2, 0.25) is 0 Å². The number of benzene rings is 1. The normalized spacial score (nSPS) is 9.75. The topological polar surface area (TPSA) is 95.5 Å². The van der Waals surface area contributed by atoms with E-state index in [0.717, 1.165) is 5.69 Å². The Bertz CT molecular complexity index is 625. The Morgan fingerprint density at radius 3 is 2.75 bits per heavy atom. The molecule has 0 unspecified atom stereocenters. The fourth-order valence-corrected chi connectivity index (χ4v) is 1.56. The quantitative estimate of drug-likeness (QED) is 0.838. The molecular weight excluding hydrogens is 260 g/mol. The van der Waals surface area contributed by atoms with Crippen molar-refractivity contribution in [3.63, 3.8) is 0 Å². The first-order chi connectivity index (χ1) is 9.69. The highest BCUT2D eigenvalue weighted by Gasteiger charge is 2.07. The van der Waals surface area contributed by atoms with Crippen molar-refractivity contribution in [1.29, 1.82) is 5.26 Å². The van der Waals surface area contributed by atoms with E-state index in [1.807, 2.05) is 6.07 Å². The number of rotatable bonds is 6. The molecule has 0 saturated heterocycles. The molecule has 0 aliphatic carbocycles. The molecule has 0 aliphatic heterocycles. The van der Waals surface area contributed by atoms with E-state index in [1.165, 1.54) is 12.3 Å². The minimum Gasteiger partial charge on any atom is -0.479 e. The molecule has 1 heterocycles. The Labute approximate surface area is 115 Å². The van der Waals surface area contributed by atoms with Crippen LogP contribution in [-0.2, 0) is 6.54 Å². The summed E-state index contributed by atoms with van der Waals surface area (Å²) in [5, 5.41) is 20.3. The number of nitriles is 1. The van der Waals surface area contributed by atoms with Crippen LogP contribution in [0.5, 0.6) is 5.75 Å². The summed E-state index contributed by atoms with van der Waals surface area (Å²) in [5.41, 5.74) is 0.963. The van der Waals surface area contributed by atoms with Crippen LogP contribution in [0.15, 0.2) is 41.0 Å². The molecule has 2 aromatic rings. The van der Waals surface area contributed by atoms with Gasteiger partial charge in [0.05, 0.1) is 12.1 Å². The van der Waals surface area contributed by atoms with Crippen LogP contribution in [0.4, 0.5) is 5.69 Å². The Morgan fingerprint density at radius 1 is 1.40 bits per heavy atom. The highest BCUT2D eigenvalue weighted by Crippen LogP contribution is 2.17. The van der Waals surface area contributed by atoms with Crippen LogP contribution < -0.4 is 10.1 Å². The fourth-order valence-electron chi connectivity index (χ4n) is 1.56. The maximum atomic E-state index is 10.7. The van der Waals surface area contributed by atoms with Crippen LogP contribution >= 0.6 is 0 Å². The molecule has 0 aliphatic rings. The number of aromatic carboxylic acids is 1. The van der Waals surface area contributed by atoms with Gasteiger partial charge in [0.1, 0.15) is 23.8 Å². The Balaban J connectivity index is 1.90. The Morgan fingerprint density at radius 2 is 2.15 bits per heavy atom. The van der Waals surface area contributed by atoms with E-state index in [0.29, 0.717) is 18.1 Å². The van der Waals surface area contributed by atoms with Gasteiger partial charge in [-0.15, -0.1) is 0 Å². The second-order valence-corrected chi connectivity index (χ2v) is 3.93. The standard InChI is InChI=1S/C14H12N2O4/c15-5-6-19-12-3-1-11(2-4-12)16-8-13-7-10(9-20-13)14(17)18/h1-4,7,9,16H,6,8H2,(H,17,18). The summed E-state index contributed by atoms with van der Waals surface area (Å²) in [6.07, 6.45) is 1.21. The summed E-state index contributed by atoms with van der Waals surface area (Å²) in [6, 6.07) is 10.4. The van der Waals surface area contributed by atoms with E-state index in [2.05, 4.69) is 5.32 Å². The minimum atomic E-state index is -1.01. The smallest absolute Gasteiger partial charge is 0.338 e. The lowest BCUT2D eigenvalue weighted by molar-refractivity contribution is 0.0696. The highest BCUT2D eigenvalue weighted by atomic mass is 16.5. The van der Waals surface area contributed by atoms with Crippen molar-refractivity contribution in [3.8, 4) is 11.8 Å². The van der Waals surface area contributed by atoms with E-state index in [-0.39, 0.29) is 12.2 Å². The maximum Gasteiger partial charge on any atom is 0.338 e. The lowest BCUT2D eigenvalue weighted by Gasteiger charge is -2.06. The number of carbonyl (C=O) groups is 1. The van der Waals surface area contributed by atoms with Gasteiger partial charge in [-0.1, -0.05) is 0 Å². The van der Waals surface area contributed by atoms with Crippen LogP contribution in [0.25, 0.3) is 0 Å². The van der Waals surface area contributed by atoms with Gasteiger partial charge in [-0.05, 0) is 30.3 Å². The first-order valence-electron chi connectivity index (χ1n) is 5.83. The van der Waals surface area contributed by atoms with E-state index in [1.54, 1.807) is 24.3 Å². The molecular formula is C14H12N2O4. The second kappa shape index (κ2) is 6.29. The number of anilines is 1. The Hall–Kier alpha value is -2.94. The average Bonchev–Trinajstić information content (AvgIpc) is 2.93. The molecule has 102 valence electrons. The van der Waals surface area contributed by atoms with Crippen molar-refractivity contribution in [2.75, 3.05) is 11.9 Å². The molecule has 1 aromatic carbocycles. The number of furan rings is 1. The van der Waals surface area contributed by atoms with Crippen LogP contribution in [0.2, 0.25) is 0 Å². The van der Waals surface area contributed by atoms with Crippen LogP contribution in [0, 0.1) is 11.3 Å². The number of ether oxygens (including phenoxy) is 1. The van der Waals surface area contributed by atoms with Crippen molar-refractivity contribution in [2.24, 2.45) is 0 Å². The molecule has 0 radical (unpaired) electrons. The van der Waals surface area contributed by atoms with E-state index < -0.39 is 5.97 Å². The molecule has 2 rings (SSSR count). The lowest BCUT2D eigenvalue weighted by atomic mass is 10.3. The molecule has 0 spiro atoms. The second-order valence-electron chi connectivity index (χ2n) is 3.93. The van der Waals surface area contributed by atoms with Gasteiger partial charge < -0.3 is 19.6 Å². The molecule has 6 heteroatoms. The molecule has 0 atom stereocenters. The molecule has 2 N–H and O–H groups in total. The molecule has 1 aromatic heterocycles. The number of hydrogen-bond acceptors (Lipinski definition) is 5. The number of hydrogen-bond donors (Lipinski definition) is 2. The maximum absolute atomic E-state index is 10.7. The minimum absolute atomic E-state index is 0.0110. The third-order valence-corrected chi connectivity index (χ3v) is 2.53. The summed E-state index contributed by atoms with van der Waals surface area (Å²) >= 11 is 0. The van der Waals surface area contributed by atoms with Crippen LogP contribution in [0.3, 0.4) is 0 Å². The van der Waals surface area contributed by atoms with Gasteiger partial charge in [0.15, 0.2) is 6.61 Å². The van der Waals surface area contributed by atoms with Gasteiger partial charge in [-0.3, -0.25) is 0 Å². The third-order valence-electron chi connectivity index (χ3n) is 2.53. The summed E-state index contributed by atoms with van der Waals surface area (Å²) < 4.78 is 10.3. The zero-order chi connectivity index (χ0) is 14.4. The van der Waals surface area contributed by atoms with Crippen molar-refractivity contribution in [3.05, 3.63) is 47.9 Å². The highest BCUT2D eigenvalue weighted by molar-refractivity contribution is 5.87. The van der Waals surface area contributed by atoms with Gasteiger partial charge in [0, 0.05) is 5.69 Å². The van der Waals surface area contributed by atoms with Crippen molar-refractivity contribution in [2.45, 2.75) is 6.54 Å². The van der Waals surface area contributed by atoms with Gasteiger partial charge >= 0.3 is 5.97 Å². The number of carboxylic acid groups (broad SMARTS) is 1. The number of nitrogens with one attached hydrogen (secondary N) is 1. The molecule has 0 bridgehead atoms. The third kappa shape index (κ3) is 3.53. The molecule has 20 heavy (non-hydrogen) atoms. The molecule has 6 nitrogen and oxygen atoms in total. The molecule has 0 amide bonds. The summed E-state index contributed by atoms with van der Waals surface area (Å²) in [5.74, 6) is 0.134. The first-order valence-corrected chi connectivity index (χ1v) is 5.83. The monoisotopic (exact) mass is 272 g/mol.